The fraction of sp³-hybridized carbons (Fsp3) is 0.378. The third-order valence-corrected chi connectivity index (χ3v) is 11.0. The van der Waals surface area contributed by atoms with Crippen molar-refractivity contribution in [2.75, 3.05) is 44.8 Å². The van der Waals surface area contributed by atoms with Crippen LogP contribution in [0.25, 0.3) is 33.5 Å². The van der Waals surface area contributed by atoms with Gasteiger partial charge in [-0.15, -0.1) is 0 Å². The van der Waals surface area contributed by atoms with E-state index in [1.807, 2.05) is 65.8 Å². The molecule has 0 radical (unpaired) electrons. The minimum Gasteiger partial charge on any atom is -0.492 e. The van der Waals surface area contributed by atoms with Gasteiger partial charge in [0.05, 0.1) is 62.5 Å². The number of nitriles is 1. The Bertz CT molecular complexity index is 2320. The van der Waals surface area contributed by atoms with Gasteiger partial charge in [-0.25, -0.2) is 19.9 Å². The summed E-state index contributed by atoms with van der Waals surface area (Å²) in [6.07, 6.45) is 21.0. The van der Waals surface area contributed by atoms with Gasteiger partial charge in [0.1, 0.15) is 24.3 Å². The second-order valence-corrected chi connectivity index (χ2v) is 15.0. The van der Waals surface area contributed by atoms with Crippen LogP contribution in [-0.4, -0.2) is 79.1 Å². The highest BCUT2D eigenvalue weighted by molar-refractivity contribution is 5.90. The molecule has 2 fully saturated rings. The molecule has 6 aromatic rings. The first-order valence-electron chi connectivity index (χ1n) is 20.4. The average Bonchev–Trinajstić information content (AvgIpc) is 4.11. The molecular formula is C45H50N10O3. The van der Waals surface area contributed by atoms with Crippen LogP contribution in [0, 0.1) is 17.2 Å². The summed E-state index contributed by atoms with van der Waals surface area (Å²) in [4.78, 5) is 23.4. The van der Waals surface area contributed by atoms with Crippen LogP contribution in [0.4, 0.5) is 11.6 Å². The van der Waals surface area contributed by atoms with Gasteiger partial charge in [-0.2, -0.15) is 10.4 Å². The topological polar surface area (TPSA) is 152 Å². The summed E-state index contributed by atoms with van der Waals surface area (Å²) in [5, 5.41) is 18.1. The number of anilines is 2. The third-order valence-electron chi connectivity index (χ3n) is 11.0. The molecule has 1 saturated heterocycles. The van der Waals surface area contributed by atoms with Gasteiger partial charge < -0.3 is 24.5 Å². The van der Waals surface area contributed by atoms with Gasteiger partial charge in [0.15, 0.2) is 0 Å². The Morgan fingerprint density at radius 3 is 2.64 bits per heavy atom. The van der Waals surface area contributed by atoms with Crippen molar-refractivity contribution in [1.82, 2.24) is 39.6 Å². The maximum atomic E-state index is 9.18. The maximum absolute atomic E-state index is 9.18. The lowest BCUT2D eigenvalue weighted by atomic mass is 9.96. The molecular weight excluding hydrogens is 729 g/mol. The van der Waals surface area contributed by atoms with Gasteiger partial charge in [0.25, 0.3) is 0 Å². The molecule has 13 nitrogen and oxygen atoms in total. The largest absolute Gasteiger partial charge is 0.492 e. The van der Waals surface area contributed by atoms with Crippen LogP contribution in [0.5, 0.6) is 5.75 Å². The van der Waals surface area contributed by atoms with Crippen LogP contribution >= 0.6 is 0 Å². The molecule has 298 valence electrons. The molecule has 3 aliphatic rings. The molecule has 9 rings (SSSR count). The number of H-pyrrole nitrogens is 1. The zero-order valence-electron chi connectivity index (χ0n) is 32.8. The van der Waals surface area contributed by atoms with Crippen molar-refractivity contribution >= 4 is 22.7 Å². The van der Waals surface area contributed by atoms with E-state index >= 15 is 0 Å². The van der Waals surface area contributed by atoms with Crippen molar-refractivity contribution in [3.05, 3.63) is 109 Å². The molecule has 1 atom stereocenters. The number of rotatable bonds is 8. The number of aromatic amines is 1. The van der Waals surface area contributed by atoms with Gasteiger partial charge in [-0.3, -0.25) is 9.58 Å². The van der Waals surface area contributed by atoms with Crippen LogP contribution in [-0.2, 0) is 22.7 Å². The second-order valence-electron chi connectivity index (χ2n) is 15.0. The number of aromatic nitrogens is 7. The highest BCUT2D eigenvalue weighted by Gasteiger charge is 2.27. The standard InChI is InChI=1S/C28H32N4O3.C17H18N6/c1-2-13-32(12-1)14-17-35-27-9-8-25-19-24(27)21-34-16-4-3-15-33-20-22-6-5-7-23(18-22)26-10-11-29-28(30-25)31-26;18-7-5-15(12-3-1-2-4-12)23-10-13(9-22-23)16-14-6-8-19-17(14)21-11-20-16/h3-11,18-19H,1-2,12-17,20-21H2,(H,29,30,31);6,8-12,15H,1-5H2,(H,19,20,21)/b4-3+;/t;15-/m.1/s1. The van der Waals surface area contributed by atoms with Crippen LogP contribution in [0.15, 0.2) is 97.9 Å². The number of fused-ring (bicyclic) bond motifs is 8. The van der Waals surface area contributed by atoms with Gasteiger partial charge >= 0.3 is 0 Å². The predicted octanol–water partition coefficient (Wildman–Crippen LogP) is 8.43. The Morgan fingerprint density at radius 2 is 1.78 bits per heavy atom. The predicted molar refractivity (Wildman–Crippen MR) is 223 cm³/mol. The number of hydrogen-bond donors (Lipinski definition) is 2. The summed E-state index contributed by atoms with van der Waals surface area (Å²) in [5.41, 5.74) is 7.55. The Morgan fingerprint density at radius 1 is 0.914 bits per heavy atom. The highest BCUT2D eigenvalue weighted by Crippen LogP contribution is 2.37. The fourth-order valence-corrected chi connectivity index (χ4v) is 8.00. The molecule has 0 unspecified atom stereocenters. The van der Waals surface area contributed by atoms with E-state index in [0.29, 0.717) is 51.3 Å². The summed E-state index contributed by atoms with van der Waals surface area (Å²) in [6, 6.07) is 20.7. The highest BCUT2D eigenvalue weighted by atomic mass is 16.5. The van der Waals surface area contributed by atoms with E-state index in [2.05, 4.69) is 65.6 Å². The Balaban J connectivity index is 0.000000176. The summed E-state index contributed by atoms with van der Waals surface area (Å²) in [6.45, 7) is 5.99. The molecule has 4 aromatic heterocycles. The third kappa shape index (κ3) is 9.95. The number of nitrogens with one attached hydrogen (secondary N) is 2. The van der Waals surface area contributed by atoms with Crippen LogP contribution in [0.1, 0.15) is 62.1 Å². The monoisotopic (exact) mass is 778 g/mol. The zero-order valence-corrected chi connectivity index (χ0v) is 32.8. The minimum absolute atomic E-state index is 0.166. The first kappa shape index (κ1) is 38.9. The molecule has 0 amide bonds. The van der Waals surface area contributed by atoms with E-state index in [9.17, 15) is 5.26 Å². The number of ether oxygens (including phenoxy) is 3. The molecule has 1 aliphatic carbocycles. The Hall–Kier alpha value is -5.94. The average molecular weight is 779 g/mol. The maximum Gasteiger partial charge on any atom is 0.227 e. The van der Waals surface area contributed by atoms with Gasteiger partial charge in [-0.1, -0.05) is 43.2 Å². The lowest BCUT2D eigenvalue weighted by Gasteiger charge is -2.21. The zero-order chi connectivity index (χ0) is 39.4. The summed E-state index contributed by atoms with van der Waals surface area (Å²) in [7, 11) is 0. The van der Waals surface area contributed by atoms with Gasteiger partial charge in [-0.05, 0) is 86.7 Å². The van der Waals surface area contributed by atoms with E-state index in [1.165, 1.54) is 51.6 Å². The van der Waals surface area contributed by atoms with Crippen LogP contribution < -0.4 is 10.1 Å². The Labute approximate surface area is 339 Å². The van der Waals surface area contributed by atoms with Crippen molar-refractivity contribution in [1.29, 1.82) is 5.26 Å². The number of hydrogen-bond acceptors (Lipinski definition) is 11. The number of nitrogens with zero attached hydrogens (tertiary/aromatic N) is 8. The molecule has 6 bridgehead atoms. The first-order valence-corrected chi connectivity index (χ1v) is 20.4. The molecule has 58 heavy (non-hydrogen) atoms. The Kier molecular flexibility index (Phi) is 13.1. The number of benzene rings is 2. The normalized spacial score (nSPS) is 17.3. The molecule has 2 N–H and O–H groups in total. The molecule has 2 aliphatic heterocycles. The smallest absolute Gasteiger partial charge is 0.227 e. The quantitative estimate of drug-likeness (QED) is 0.143. The van der Waals surface area contributed by atoms with E-state index in [4.69, 9.17) is 19.2 Å². The molecule has 6 heterocycles. The first-order chi connectivity index (χ1) is 28.7. The molecule has 2 aromatic carbocycles. The van der Waals surface area contributed by atoms with Gasteiger partial charge in [0.2, 0.25) is 5.95 Å². The lowest BCUT2D eigenvalue weighted by molar-refractivity contribution is 0.138. The molecule has 0 spiro atoms. The van der Waals surface area contributed by atoms with Crippen molar-refractivity contribution in [3.8, 4) is 34.3 Å². The number of likely N-dealkylation sites (tertiary alicyclic amines) is 1. The molecule has 1 saturated carbocycles. The SMILES string of the molecule is C1=C/COCc2cc(ccc2OCCN2CCCC2)Nc2nccc(n2)-c2cccc(c2)COC/1.N#CC[C@H](C1CCCC1)n1cc(-c2ncnc3[nH]ccc23)cn1. The van der Waals surface area contributed by atoms with Crippen molar-refractivity contribution < 1.29 is 14.2 Å². The second kappa shape index (κ2) is 19.5. The van der Waals surface area contributed by atoms with E-state index < -0.39 is 0 Å². The van der Waals surface area contributed by atoms with Crippen molar-refractivity contribution in [2.45, 2.75) is 64.2 Å². The summed E-state index contributed by atoms with van der Waals surface area (Å²) < 4.78 is 19.9. The summed E-state index contributed by atoms with van der Waals surface area (Å²) in [5.74, 6) is 1.95. The van der Waals surface area contributed by atoms with Crippen molar-refractivity contribution in [3.63, 3.8) is 0 Å². The van der Waals surface area contributed by atoms with Crippen LogP contribution in [0.3, 0.4) is 0 Å². The van der Waals surface area contributed by atoms with Crippen LogP contribution in [0.2, 0.25) is 0 Å². The van der Waals surface area contributed by atoms with E-state index in [1.54, 1.807) is 12.5 Å². The van der Waals surface area contributed by atoms with E-state index in [0.717, 1.165) is 62.7 Å². The van der Waals surface area contributed by atoms with Crippen molar-refractivity contribution in [2.24, 2.45) is 5.92 Å². The minimum atomic E-state index is 0.166. The summed E-state index contributed by atoms with van der Waals surface area (Å²) >= 11 is 0. The van der Waals surface area contributed by atoms with Gasteiger partial charge in [0, 0.05) is 52.9 Å². The fourth-order valence-electron chi connectivity index (χ4n) is 8.00. The lowest BCUT2D eigenvalue weighted by Crippen LogP contribution is -2.25. The van der Waals surface area contributed by atoms with E-state index in [-0.39, 0.29) is 6.04 Å². The molecule has 13 heteroatoms.